The summed E-state index contributed by atoms with van der Waals surface area (Å²) >= 11 is 3.58. The molecule has 0 atom stereocenters. The zero-order chi connectivity index (χ0) is 31.2. The number of hydrogen-bond acceptors (Lipinski definition) is 5. The summed E-state index contributed by atoms with van der Waals surface area (Å²) in [6.45, 7) is 0.663. The van der Waals surface area contributed by atoms with E-state index in [9.17, 15) is 0 Å². The maximum atomic E-state index is 5.27. The van der Waals surface area contributed by atoms with Crippen LogP contribution < -0.4 is 0 Å². The zero-order valence-electron chi connectivity index (χ0n) is 25.5. The van der Waals surface area contributed by atoms with E-state index in [4.69, 9.17) is 15.0 Å². The van der Waals surface area contributed by atoms with E-state index in [1.54, 1.807) is 11.3 Å². The molecule has 0 unspecified atom stereocenters. The predicted molar refractivity (Wildman–Crippen MR) is 200 cm³/mol. The van der Waals surface area contributed by atoms with Crippen LogP contribution >= 0.6 is 22.7 Å². The Morgan fingerprint density at radius 3 is 2.25 bits per heavy atom. The SMILES string of the molecule is Cn1c2ccccc2n2c3cc4c(cc3nc12)sc1ncc(Cn2c3ccccc3n3c5c(ccc6sc7ccccc7c65)nc23)cc14. The largest absolute Gasteiger partial charge is 0.313 e. The number of imidazole rings is 4. The average molecular weight is 654 g/mol. The fourth-order valence-corrected chi connectivity index (χ4v) is 10.1. The van der Waals surface area contributed by atoms with Gasteiger partial charge in [-0.3, -0.25) is 8.80 Å². The first-order valence-corrected chi connectivity index (χ1v) is 17.6. The molecule has 12 rings (SSSR count). The van der Waals surface area contributed by atoms with E-state index in [-0.39, 0.29) is 0 Å². The van der Waals surface area contributed by atoms with Gasteiger partial charge in [-0.2, -0.15) is 0 Å². The molecule has 0 spiro atoms. The van der Waals surface area contributed by atoms with Gasteiger partial charge in [0, 0.05) is 48.9 Å². The Balaban J connectivity index is 1.09. The number of aromatic nitrogens is 7. The summed E-state index contributed by atoms with van der Waals surface area (Å²) in [6, 6.07) is 37.1. The first-order chi connectivity index (χ1) is 23.7. The Hall–Kier alpha value is -5.77. The highest BCUT2D eigenvalue weighted by molar-refractivity contribution is 7.26. The number of rotatable bonds is 2. The quantitative estimate of drug-likeness (QED) is 0.187. The van der Waals surface area contributed by atoms with Gasteiger partial charge in [0.25, 0.3) is 0 Å². The van der Waals surface area contributed by atoms with Crippen molar-refractivity contribution in [1.29, 1.82) is 0 Å². The van der Waals surface area contributed by atoms with E-state index >= 15 is 0 Å². The van der Waals surface area contributed by atoms with Crippen LogP contribution in [-0.2, 0) is 13.6 Å². The second-order valence-electron chi connectivity index (χ2n) is 12.7. The molecule has 5 aromatic carbocycles. The summed E-state index contributed by atoms with van der Waals surface area (Å²) in [4.78, 5) is 16.4. The monoisotopic (exact) mass is 653 g/mol. The van der Waals surface area contributed by atoms with E-state index in [0.29, 0.717) is 6.54 Å². The smallest absolute Gasteiger partial charge is 0.216 e. The second-order valence-corrected chi connectivity index (χ2v) is 14.8. The van der Waals surface area contributed by atoms with Crippen molar-refractivity contribution in [2.24, 2.45) is 7.05 Å². The summed E-state index contributed by atoms with van der Waals surface area (Å²) in [5.41, 5.74) is 10.1. The first-order valence-electron chi connectivity index (χ1n) is 16.0. The van der Waals surface area contributed by atoms with Crippen LogP contribution in [0.25, 0.3) is 96.2 Å². The van der Waals surface area contributed by atoms with Gasteiger partial charge in [0.05, 0.1) is 50.7 Å². The van der Waals surface area contributed by atoms with Crippen molar-refractivity contribution < 1.29 is 0 Å². The standard InChI is InChI=1S/C39H23N7S2/c1-43-27-9-3-5-11-29(27)45-31-17-23-24-16-21(19-40-37(24)48-34(23)18-26(31)42-38(43)45)20-44-28-10-4-6-12-30(28)46-36-25(41-39(44)46)14-15-33-35(36)22-8-2-7-13-32(22)47-33/h2-19H,20H2,1H3. The fraction of sp³-hybridized carbons (Fsp3) is 0.0513. The lowest BCUT2D eigenvalue weighted by molar-refractivity contribution is 0.844. The molecule has 0 saturated heterocycles. The zero-order valence-corrected chi connectivity index (χ0v) is 27.2. The van der Waals surface area contributed by atoms with Crippen LogP contribution in [0.2, 0.25) is 0 Å². The van der Waals surface area contributed by atoms with Crippen molar-refractivity contribution in [2.75, 3.05) is 0 Å². The first kappa shape index (κ1) is 25.3. The summed E-state index contributed by atoms with van der Waals surface area (Å²) in [6.07, 6.45) is 2.03. The van der Waals surface area contributed by atoms with Gasteiger partial charge in [-0.05, 0) is 66.2 Å². The molecule has 48 heavy (non-hydrogen) atoms. The minimum Gasteiger partial charge on any atom is -0.313 e. The number of benzene rings is 5. The number of fused-ring (bicyclic) bond motifs is 17. The van der Waals surface area contributed by atoms with Crippen LogP contribution in [0.15, 0.2) is 109 Å². The topological polar surface area (TPSA) is 57.4 Å². The van der Waals surface area contributed by atoms with Crippen molar-refractivity contribution in [3.63, 3.8) is 0 Å². The van der Waals surface area contributed by atoms with Crippen molar-refractivity contribution in [3.8, 4) is 0 Å². The number of hydrogen-bond donors (Lipinski definition) is 0. The molecule has 0 N–H and O–H groups in total. The van der Waals surface area contributed by atoms with E-state index in [1.807, 2.05) is 17.5 Å². The van der Waals surface area contributed by atoms with Gasteiger partial charge < -0.3 is 9.13 Å². The highest BCUT2D eigenvalue weighted by atomic mass is 32.1. The normalized spacial score (nSPS) is 12.8. The third kappa shape index (κ3) is 3.10. The minimum absolute atomic E-state index is 0.663. The molecule has 0 aliphatic heterocycles. The molecule has 226 valence electrons. The van der Waals surface area contributed by atoms with Gasteiger partial charge in [0.15, 0.2) is 0 Å². The van der Waals surface area contributed by atoms with Gasteiger partial charge in [0.2, 0.25) is 11.6 Å². The number of para-hydroxylation sites is 4. The molecule has 0 saturated carbocycles. The van der Waals surface area contributed by atoms with Gasteiger partial charge >= 0.3 is 0 Å². The lowest BCUT2D eigenvalue weighted by atomic mass is 10.1. The molecule has 7 heterocycles. The second kappa shape index (κ2) is 8.77. The van der Waals surface area contributed by atoms with Gasteiger partial charge in [-0.1, -0.05) is 42.5 Å². The molecule has 0 bridgehead atoms. The fourth-order valence-electron chi connectivity index (χ4n) is 7.95. The molecule has 0 aliphatic carbocycles. The minimum atomic E-state index is 0.663. The lowest BCUT2D eigenvalue weighted by Crippen LogP contribution is -2.00. The molecular formula is C39H23N7S2. The van der Waals surface area contributed by atoms with Gasteiger partial charge in [0.1, 0.15) is 4.83 Å². The van der Waals surface area contributed by atoms with Crippen LogP contribution in [0, 0.1) is 0 Å². The maximum absolute atomic E-state index is 5.27. The molecule has 9 heteroatoms. The third-order valence-electron chi connectivity index (χ3n) is 10.1. The molecule has 7 aromatic heterocycles. The van der Waals surface area contributed by atoms with Crippen LogP contribution in [0.5, 0.6) is 0 Å². The third-order valence-corrected chi connectivity index (χ3v) is 12.3. The highest BCUT2D eigenvalue weighted by Crippen LogP contribution is 2.41. The Bertz CT molecular complexity index is 3350. The van der Waals surface area contributed by atoms with Crippen LogP contribution in [0.4, 0.5) is 0 Å². The molecular weight excluding hydrogens is 631 g/mol. The van der Waals surface area contributed by atoms with Crippen molar-refractivity contribution in [1.82, 2.24) is 32.9 Å². The van der Waals surface area contributed by atoms with Crippen LogP contribution in [0.3, 0.4) is 0 Å². The molecule has 0 aliphatic rings. The lowest BCUT2D eigenvalue weighted by Gasteiger charge is -2.06. The Morgan fingerprint density at radius 1 is 0.583 bits per heavy atom. The van der Waals surface area contributed by atoms with Crippen molar-refractivity contribution in [2.45, 2.75) is 6.54 Å². The number of pyridine rings is 1. The highest BCUT2D eigenvalue weighted by Gasteiger charge is 2.21. The van der Waals surface area contributed by atoms with Crippen LogP contribution in [-0.4, -0.2) is 32.9 Å². The van der Waals surface area contributed by atoms with Crippen LogP contribution in [0.1, 0.15) is 5.56 Å². The molecule has 7 nitrogen and oxygen atoms in total. The Morgan fingerprint density at radius 2 is 1.35 bits per heavy atom. The Labute approximate surface area is 279 Å². The summed E-state index contributed by atoms with van der Waals surface area (Å²) in [5.74, 6) is 1.90. The maximum Gasteiger partial charge on any atom is 0.216 e. The summed E-state index contributed by atoms with van der Waals surface area (Å²) in [7, 11) is 2.09. The van der Waals surface area contributed by atoms with E-state index in [0.717, 1.165) is 49.5 Å². The van der Waals surface area contributed by atoms with Crippen molar-refractivity contribution >= 4 is 119 Å². The summed E-state index contributed by atoms with van der Waals surface area (Å²) in [5, 5.41) is 4.96. The van der Waals surface area contributed by atoms with E-state index in [1.165, 1.54) is 52.2 Å². The van der Waals surface area contributed by atoms with E-state index < -0.39 is 0 Å². The average Bonchev–Trinajstić information content (AvgIpc) is 3.94. The molecule has 0 fully saturated rings. The molecule has 0 amide bonds. The van der Waals surface area contributed by atoms with E-state index in [2.05, 4.69) is 128 Å². The van der Waals surface area contributed by atoms with Gasteiger partial charge in [-0.25, -0.2) is 15.0 Å². The predicted octanol–water partition coefficient (Wildman–Crippen LogP) is 9.91. The number of nitrogens with zero attached hydrogens (tertiary/aromatic N) is 7. The van der Waals surface area contributed by atoms with Crippen molar-refractivity contribution in [3.05, 3.63) is 115 Å². The molecule has 12 aromatic rings. The number of aryl methyl sites for hydroxylation is 1. The Kier molecular flexibility index (Phi) is 4.63. The number of thiophene rings is 2. The molecule has 0 radical (unpaired) electrons. The van der Waals surface area contributed by atoms with Gasteiger partial charge in [-0.15, -0.1) is 22.7 Å². The summed E-state index contributed by atoms with van der Waals surface area (Å²) < 4.78 is 13.0.